The highest BCUT2D eigenvalue weighted by Gasteiger charge is 2.34. The first-order valence-corrected chi connectivity index (χ1v) is 33.0. The topological polar surface area (TPSA) is 40.5 Å². The molecule has 0 radical (unpaired) electrons. The van der Waals surface area contributed by atoms with Gasteiger partial charge < -0.3 is 10.2 Å². The molecular weight excluding hydrogens is 825 g/mol. The monoisotopic (exact) mass is 959 g/mol. The van der Waals surface area contributed by atoms with Gasteiger partial charge in [0.05, 0.1) is 11.7 Å². The van der Waals surface area contributed by atoms with Crippen molar-refractivity contribution in [2.24, 2.45) is 0 Å². The van der Waals surface area contributed by atoms with Crippen molar-refractivity contribution in [3.63, 3.8) is 0 Å². The molecular formula is C66H134O2. The standard InChI is InChI=1S/C66H134O2/c1-4-7-10-13-16-19-22-25-28-31-32-33-34-35-36-37-38-39-40-41-44-47-50-53-56-59-62-65(67)66(68,63-60-57-54-51-48-45-42-29-26-23-20-17-14-11-8-5-2)64-61-58-55-52-49-46-43-30-27-24-21-18-15-12-9-6-3/h65,67-68H,4-64H2,1-3H3. The van der Waals surface area contributed by atoms with Crippen molar-refractivity contribution < 1.29 is 10.2 Å². The summed E-state index contributed by atoms with van der Waals surface area (Å²) in [5.41, 5.74) is -0.877. The molecule has 0 saturated carbocycles. The van der Waals surface area contributed by atoms with Gasteiger partial charge in [0, 0.05) is 0 Å². The minimum absolute atomic E-state index is 0.551. The van der Waals surface area contributed by atoms with Gasteiger partial charge in [0.2, 0.25) is 0 Å². The summed E-state index contributed by atoms with van der Waals surface area (Å²) >= 11 is 0. The molecule has 0 heterocycles. The number of hydrogen-bond acceptors (Lipinski definition) is 2. The Balaban J connectivity index is 4.09. The summed E-state index contributed by atoms with van der Waals surface area (Å²) in [6.07, 6.45) is 82.6. The molecule has 0 aliphatic carbocycles. The van der Waals surface area contributed by atoms with Crippen LogP contribution in [0.3, 0.4) is 0 Å². The Morgan fingerprint density at radius 2 is 0.338 bits per heavy atom. The highest BCUT2D eigenvalue weighted by Crippen LogP contribution is 2.30. The second kappa shape index (κ2) is 59.5. The van der Waals surface area contributed by atoms with Gasteiger partial charge in [0.25, 0.3) is 0 Å². The van der Waals surface area contributed by atoms with Gasteiger partial charge >= 0.3 is 0 Å². The quantitative estimate of drug-likeness (QED) is 0.0597. The molecule has 0 fully saturated rings. The van der Waals surface area contributed by atoms with Gasteiger partial charge in [0.15, 0.2) is 0 Å². The average Bonchev–Trinajstić information content (AvgIpc) is 3.34. The van der Waals surface area contributed by atoms with Crippen LogP contribution in [0.1, 0.15) is 412 Å². The number of unbranched alkanes of at least 4 members (excludes halogenated alkanes) is 55. The second-order valence-electron chi connectivity index (χ2n) is 23.4. The molecule has 0 aromatic rings. The Labute approximate surface area is 432 Å². The third kappa shape index (κ3) is 53.7. The van der Waals surface area contributed by atoms with Gasteiger partial charge in [-0.05, 0) is 19.3 Å². The lowest BCUT2D eigenvalue weighted by Gasteiger charge is -2.34. The van der Waals surface area contributed by atoms with Crippen molar-refractivity contribution in [3.8, 4) is 0 Å². The summed E-state index contributed by atoms with van der Waals surface area (Å²) < 4.78 is 0. The summed E-state index contributed by atoms with van der Waals surface area (Å²) in [4.78, 5) is 0. The molecule has 1 atom stereocenters. The van der Waals surface area contributed by atoms with Crippen molar-refractivity contribution in [3.05, 3.63) is 0 Å². The lowest BCUT2D eigenvalue weighted by atomic mass is 9.82. The minimum Gasteiger partial charge on any atom is -0.390 e. The molecule has 0 rings (SSSR count). The molecule has 0 aliphatic heterocycles. The predicted octanol–water partition coefficient (Wildman–Crippen LogP) is 23.9. The predicted molar refractivity (Wildman–Crippen MR) is 310 cm³/mol. The van der Waals surface area contributed by atoms with Crippen LogP contribution in [-0.2, 0) is 0 Å². The smallest absolute Gasteiger partial charge is 0.0905 e. The van der Waals surface area contributed by atoms with Gasteiger partial charge in [-0.25, -0.2) is 0 Å². The summed E-state index contributed by atoms with van der Waals surface area (Å²) in [7, 11) is 0. The first kappa shape index (κ1) is 67.9. The first-order valence-electron chi connectivity index (χ1n) is 33.0. The van der Waals surface area contributed by atoms with E-state index in [4.69, 9.17) is 0 Å². The zero-order valence-corrected chi connectivity index (χ0v) is 48.1. The fourth-order valence-electron chi connectivity index (χ4n) is 11.3. The fraction of sp³-hybridized carbons (Fsp3) is 1.00. The fourth-order valence-corrected chi connectivity index (χ4v) is 11.3. The van der Waals surface area contributed by atoms with Gasteiger partial charge in [-0.3, -0.25) is 0 Å². The third-order valence-electron chi connectivity index (χ3n) is 16.4. The zero-order valence-electron chi connectivity index (χ0n) is 48.1. The van der Waals surface area contributed by atoms with Crippen molar-refractivity contribution in [1.82, 2.24) is 0 Å². The normalized spacial score (nSPS) is 12.5. The second-order valence-corrected chi connectivity index (χ2v) is 23.4. The number of aliphatic hydroxyl groups is 2. The maximum absolute atomic E-state index is 12.0. The molecule has 2 nitrogen and oxygen atoms in total. The molecule has 0 saturated heterocycles. The van der Waals surface area contributed by atoms with Crippen LogP contribution in [-0.4, -0.2) is 21.9 Å². The molecule has 68 heavy (non-hydrogen) atoms. The molecule has 410 valence electrons. The summed E-state index contributed by atoms with van der Waals surface area (Å²) in [5, 5.41) is 23.4. The van der Waals surface area contributed by atoms with Crippen LogP contribution in [0, 0.1) is 0 Å². The first-order chi connectivity index (χ1) is 33.6. The Kier molecular flexibility index (Phi) is 59.4. The Morgan fingerprint density at radius 3 is 0.500 bits per heavy atom. The van der Waals surface area contributed by atoms with Crippen molar-refractivity contribution in [2.75, 3.05) is 0 Å². The molecule has 0 bridgehead atoms. The third-order valence-corrected chi connectivity index (χ3v) is 16.4. The van der Waals surface area contributed by atoms with Gasteiger partial charge in [-0.1, -0.05) is 393 Å². The van der Waals surface area contributed by atoms with Crippen LogP contribution in [0.4, 0.5) is 0 Å². The number of hydrogen-bond donors (Lipinski definition) is 2. The molecule has 0 spiro atoms. The summed E-state index contributed by atoms with van der Waals surface area (Å²) in [6.45, 7) is 6.92. The van der Waals surface area contributed by atoms with Crippen LogP contribution in [0.5, 0.6) is 0 Å². The van der Waals surface area contributed by atoms with E-state index in [2.05, 4.69) is 20.8 Å². The van der Waals surface area contributed by atoms with E-state index < -0.39 is 11.7 Å². The lowest BCUT2D eigenvalue weighted by Crippen LogP contribution is -2.42. The molecule has 2 heteroatoms. The summed E-state index contributed by atoms with van der Waals surface area (Å²) in [6, 6.07) is 0. The van der Waals surface area contributed by atoms with E-state index in [9.17, 15) is 10.2 Å². The van der Waals surface area contributed by atoms with Crippen LogP contribution in [0.2, 0.25) is 0 Å². The van der Waals surface area contributed by atoms with E-state index in [1.165, 1.54) is 353 Å². The number of aliphatic hydroxyl groups excluding tert-OH is 1. The van der Waals surface area contributed by atoms with Gasteiger partial charge in [-0.2, -0.15) is 0 Å². The zero-order chi connectivity index (χ0) is 49.2. The molecule has 0 amide bonds. The SMILES string of the molecule is CCCCCCCCCCCCCCCCCCCCCCCCCCCCC(O)C(O)(CCCCCCCCCCCCCCCCCC)CCCCCCCCCCCCCCCCCC. The average molecular weight is 960 g/mol. The number of rotatable bonds is 62. The van der Waals surface area contributed by atoms with E-state index in [0.29, 0.717) is 0 Å². The van der Waals surface area contributed by atoms with Crippen LogP contribution in [0.25, 0.3) is 0 Å². The van der Waals surface area contributed by atoms with Crippen molar-refractivity contribution in [1.29, 1.82) is 0 Å². The Hall–Kier alpha value is -0.0800. The highest BCUT2D eigenvalue weighted by molar-refractivity contribution is 4.86. The van der Waals surface area contributed by atoms with Gasteiger partial charge in [-0.15, -0.1) is 0 Å². The van der Waals surface area contributed by atoms with Gasteiger partial charge in [0.1, 0.15) is 0 Å². The molecule has 0 aromatic heterocycles. The Bertz CT molecular complexity index is 833. The highest BCUT2D eigenvalue weighted by atomic mass is 16.3. The maximum atomic E-state index is 12.0. The van der Waals surface area contributed by atoms with E-state index in [-0.39, 0.29) is 0 Å². The maximum Gasteiger partial charge on any atom is 0.0905 e. The van der Waals surface area contributed by atoms with Crippen LogP contribution in [0.15, 0.2) is 0 Å². The van der Waals surface area contributed by atoms with E-state index >= 15 is 0 Å². The lowest BCUT2D eigenvalue weighted by molar-refractivity contribution is -0.0919. The Morgan fingerprint density at radius 1 is 0.206 bits per heavy atom. The van der Waals surface area contributed by atoms with E-state index in [1.807, 2.05) is 0 Å². The summed E-state index contributed by atoms with van der Waals surface area (Å²) in [5.74, 6) is 0. The van der Waals surface area contributed by atoms with E-state index in [1.54, 1.807) is 0 Å². The molecule has 0 aliphatic rings. The van der Waals surface area contributed by atoms with Crippen molar-refractivity contribution >= 4 is 0 Å². The van der Waals surface area contributed by atoms with Crippen LogP contribution >= 0.6 is 0 Å². The molecule has 1 unspecified atom stereocenters. The van der Waals surface area contributed by atoms with Crippen molar-refractivity contribution in [2.45, 2.75) is 424 Å². The minimum atomic E-state index is -0.877. The van der Waals surface area contributed by atoms with E-state index in [0.717, 1.165) is 38.5 Å². The molecule has 0 aromatic carbocycles. The molecule has 2 N–H and O–H groups in total. The largest absolute Gasteiger partial charge is 0.390 e. The van der Waals surface area contributed by atoms with Crippen LogP contribution < -0.4 is 0 Å².